The van der Waals surface area contributed by atoms with Crippen LogP contribution in [0.4, 0.5) is 0 Å². The fraction of sp³-hybridized carbons (Fsp3) is 0.583. The highest BCUT2D eigenvalue weighted by atomic mass is 16.2. The fourth-order valence-corrected chi connectivity index (χ4v) is 5.36. The number of fused-ring (bicyclic) bond motifs is 1. The van der Waals surface area contributed by atoms with Crippen molar-refractivity contribution in [1.29, 1.82) is 0 Å². The largest absolute Gasteiger partial charge is 0.342 e. The third kappa shape index (κ3) is 3.98. The van der Waals surface area contributed by atoms with Gasteiger partial charge >= 0.3 is 0 Å². The van der Waals surface area contributed by atoms with Crippen molar-refractivity contribution in [3.63, 3.8) is 0 Å². The molecule has 0 aromatic carbocycles. The Hall–Kier alpha value is -2.70. The summed E-state index contributed by atoms with van der Waals surface area (Å²) in [5.74, 6) is 2.39. The van der Waals surface area contributed by atoms with Gasteiger partial charge in [0.15, 0.2) is 5.65 Å². The van der Waals surface area contributed by atoms with Crippen LogP contribution in [0.15, 0.2) is 24.7 Å². The van der Waals surface area contributed by atoms with Crippen LogP contribution < -0.4 is 0 Å². The molecular weight excluding hydrogens is 388 g/mol. The van der Waals surface area contributed by atoms with Gasteiger partial charge in [-0.1, -0.05) is 25.7 Å². The zero-order valence-corrected chi connectivity index (χ0v) is 18.6. The molecule has 164 valence electrons. The van der Waals surface area contributed by atoms with E-state index in [1.54, 1.807) is 0 Å². The highest BCUT2D eigenvalue weighted by Gasteiger charge is 2.30. The summed E-state index contributed by atoms with van der Waals surface area (Å²) in [4.78, 5) is 23.8. The topological polar surface area (TPSA) is 68.3 Å². The number of hydrogen-bond acceptors (Lipinski definition) is 4. The van der Waals surface area contributed by atoms with Crippen LogP contribution in [0.5, 0.6) is 0 Å². The van der Waals surface area contributed by atoms with E-state index in [1.165, 1.54) is 25.7 Å². The Labute approximate surface area is 183 Å². The van der Waals surface area contributed by atoms with Crippen LogP contribution in [0.25, 0.3) is 5.65 Å². The van der Waals surface area contributed by atoms with Gasteiger partial charge in [-0.2, -0.15) is 5.10 Å². The van der Waals surface area contributed by atoms with E-state index in [9.17, 15) is 4.79 Å². The summed E-state index contributed by atoms with van der Waals surface area (Å²) in [5, 5.41) is 4.84. The SMILES string of the molecule is Cc1nn2c([C@@H]3CCN(C(=O)CCC4CCCC4)C3)ccnc2c1Cn1ccnc1C. The predicted molar refractivity (Wildman–Crippen MR) is 119 cm³/mol. The second-order valence-corrected chi connectivity index (χ2v) is 9.29. The molecule has 2 fully saturated rings. The van der Waals surface area contributed by atoms with Crippen molar-refractivity contribution in [2.45, 2.75) is 71.3 Å². The second kappa shape index (κ2) is 8.44. The fourth-order valence-electron chi connectivity index (χ4n) is 5.36. The van der Waals surface area contributed by atoms with E-state index in [2.05, 4.69) is 25.5 Å². The molecule has 1 saturated carbocycles. The molecule has 0 spiro atoms. The van der Waals surface area contributed by atoms with Crippen LogP contribution in [-0.2, 0) is 11.3 Å². The monoisotopic (exact) mass is 420 g/mol. The molecule has 1 amide bonds. The van der Waals surface area contributed by atoms with E-state index in [0.29, 0.717) is 24.8 Å². The zero-order chi connectivity index (χ0) is 21.4. The maximum absolute atomic E-state index is 12.8. The number of hydrogen-bond donors (Lipinski definition) is 0. The van der Waals surface area contributed by atoms with Crippen LogP contribution in [-0.4, -0.2) is 48.0 Å². The number of likely N-dealkylation sites (tertiary alicyclic amines) is 1. The van der Waals surface area contributed by atoms with E-state index >= 15 is 0 Å². The molecule has 1 saturated heterocycles. The predicted octanol–water partition coefficient (Wildman–Crippen LogP) is 3.88. The van der Waals surface area contributed by atoms with Gasteiger partial charge in [0, 0.05) is 49.6 Å². The Morgan fingerprint density at radius 1 is 1.13 bits per heavy atom. The quantitative estimate of drug-likeness (QED) is 0.607. The third-order valence-electron chi connectivity index (χ3n) is 7.30. The first-order valence-electron chi connectivity index (χ1n) is 11.7. The smallest absolute Gasteiger partial charge is 0.222 e. The lowest BCUT2D eigenvalue weighted by atomic mass is 10.0. The number of carbonyl (C=O) groups is 1. The van der Waals surface area contributed by atoms with Gasteiger partial charge in [-0.25, -0.2) is 14.5 Å². The summed E-state index contributed by atoms with van der Waals surface area (Å²) in [6.07, 6.45) is 13.8. The molecule has 5 rings (SSSR count). The number of nitrogens with zero attached hydrogens (tertiary/aromatic N) is 6. The first kappa shape index (κ1) is 20.2. The minimum Gasteiger partial charge on any atom is -0.342 e. The minimum absolute atomic E-state index is 0.308. The van der Waals surface area contributed by atoms with Crippen LogP contribution in [0, 0.1) is 19.8 Å². The molecule has 3 aromatic rings. The van der Waals surface area contributed by atoms with Gasteiger partial charge in [-0.05, 0) is 38.7 Å². The summed E-state index contributed by atoms with van der Waals surface area (Å²) in [6.45, 7) is 6.41. The van der Waals surface area contributed by atoms with Crippen LogP contribution in [0.3, 0.4) is 0 Å². The highest BCUT2D eigenvalue weighted by Crippen LogP contribution is 2.31. The van der Waals surface area contributed by atoms with E-state index in [0.717, 1.165) is 60.3 Å². The summed E-state index contributed by atoms with van der Waals surface area (Å²) >= 11 is 0. The molecule has 7 heteroatoms. The van der Waals surface area contributed by atoms with Crippen molar-refractivity contribution in [2.24, 2.45) is 5.92 Å². The van der Waals surface area contributed by atoms with Crippen LogP contribution in [0.1, 0.15) is 73.6 Å². The van der Waals surface area contributed by atoms with E-state index < -0.39 is 0 Å². The highest BCUT2D eigenvalue weighted by molar-refractivity contribution is 5.76. The number of imidazole rings is 1. The molecule has 0 radical (unpaired) electrons. The van der Waals surface area contributed by atoms with Crippen molar-refractivity contribution in [3.05, 3.63) is 47.4 Å². The van der Waals surface area contributed by atoms with Gasteiger partial charge < -0.3 is 9.47 Å². The molecule has 2 aliphatic rings. The molecule has 1 aliphatic heterocycles. The summed E-state index contributed by atoms with van der Waals surface area (Å²) in [7, 11) is 0. The van der Waals surface area contributed by atoms with Gasteiger partial charge in [-0.15, -0.1) is 0 Å². The number of aromatic nitrogens is 5. The van der Waals surface area contributed by atoms with Gasteiger partial charge in [0.2, 0.25) is 5.91 Å². The van der Waals surface area contributed by atoms with E-state index in [-0.39, 0.29) is 0 Å². The van der Waals surface area contributed by atoms with Gasteiger partial charge in [0.1, 0.15) is 5.82 Å². The van der Waals surface area contributed by atoms with Crippen molar-refractivity contribution < 1.29 is 4.79 Å². The maximum Gasteiger partial charge on any atom is 0.222 e. The van der Waals surface area contributed by atoms with Gasteiger partial charge in [0.05, 0.1) is 17.9 Å². The molecule has 0 N–H and O–H groups in total. The zero-order valence-electron chi connectivity index (χ0n) is 18.6. The van der Waals surface area contributed by atoms with E-state index in [1.807, 2.05) is 37.0 Å². The van der Waals surface area contributed by atoms with Crippen LogP contribution in [0.2, 0.25) is 0 Å². The Morgan fingerprint density at radius 2 is 1.97 bits per heavy atom. The van der Waals surface area contributed by atoms with E-state index in [4.69, 9.17) is 5.10 Å². The lowest BCUT2D eigenvalue weighted by molar-refractivity contribution is -0.130. The summed E-state index contributed by atoms with van der Waals surface area (Å²) in [5.41, 5.74) is 4.20. The second-order valence-electron chi connectivity index (χ2n) is 9.29. The molecule has 1 atom stereocenters. The van der Waals surface area contributed by atoms with Gasteiger partial charge in [0.25, 0.3) is 0 Å². The molecule has 31 heavy (non-hydrogen) atoms. The Morgan fingerprint density at radius 3 is 2.74 bits per heavy atom. The average Bonchev–Trinajstić information content (AvgIpc) is 3.55. The third-order valence-corrected chi connectivity index (χ3v) is 7.30. The molecule has 0 unspecified atom stereocenters. The maximum atomic E-state index is 12.8. The standard InChI is InChI=1S/C24H32N6O/c1-17-21(16-28-14-12-25-18(28)2)24-26-11-9-22(30(24)27-17)20-10-13-29(15-20)23(31)8-7-19-5-3-4-6-19/h9,11-12,14,19-20H,3-8,10,13,15-16H2,1-2H3/t20-/m1/s1. The van der Waals surface area contributed by atoms with Crippen molar-refractivity contribution in [3.8, 4) is 0 Å². The lowest BCUT2D eigenvalue weighted by Crippen LogP contribution is -2.28. The first-order valence-corrected chi connectivity index (χ1v) is 11.7. The molecule has 0 bridgehead atoms. The lowest BCUT2D eigenvalue weighted by Gasteiger charge is -2.18. The summed E-state index contributed by atoms with van der Waals surface area (Å²) in [6, 6.07) is 2.07. The molecule has 3 aromatic heterocycles. The first-order chi connectivity index (χ1) is 15.1. The Balaban J connectivity index is 1.32. The van der Waals surface area contributed by atoms with Crippen molar-refractivity contribution in [1.82, 2.24) is 29.0 Å². The molecule has 4 heterocycles. The number of rotatable bonds is 6. The number of carbonyl (C=O) groups excluding carboxylic acids is 1. The number of amides is 1. The normalized spacial score (nSPS) is 19.7. The van der Waals surface area contributed by atoms with Crippen LogP contribution >= 0.6 is 0 Å². The Bertz CT molecular complexity index is 1080. The Kier molecular flexibility index (Phi) is 5.50. The summed E-state index contributed by atoms with van der Waals surface area (Å²) < 4.78 is 4.13. The molecule has 7 nitrogen and oxygen atoms in total. The van der Waals surface area contributed by atoms with Gasteiger partial charge in [-0.3, -0.25) is 4.79 Å². The number of aryl methyl sites for hydroxylation is 2. The van der Waals surface area contributed by atoms with Crippen molar-refractivity contribution >= 4 is 11.6 Å². The average molecular weight is 421 g/mol. The van der Waals surface area contributed by atoms with Crippen molar-refractivity contribution in [2.75, 3.05) is 13.1 Å². The minimum atomic E-state index is 0.308. The molecular formula is C24H32N6O. The molecule has 1 aliphatic carbocycles.